The summed E-state index contributed by atoms with van der Waals surface area (Å²) in [4.78, 5) is 11.4. The van der Waals surface area contributed by atoms with Crippen molar-refractivity contribution >= 4 is 16.7 Å². The van der Waals surface area contributed by atoms with Crippen LogP contribution in [0.3, 0.4) is 0 Å². The molecule has 0 bridgehead atoms. The molecular formula is C10H20O4S. The Morgan fingerprint density at radius 2 is 1.67 bits per heavy atom. The van der Waals surface area contributed by atoms with Crippen molar-refractivity contribution in [2.24, 2.45) is 10.8 Å². The lowest BCUT2D eigenvalue weighted by atomic mass is 9.76. The lowest BCUT2D eigenvalue weighted by Crippen LogP contribution is -2.33. The van der Waals surface area contributed by atoms with E-state index in [1.165, 1.54) is 7.11 Å². The Bertz CT molecular complexity index is 295. The van der Waals surface area contributed by atoms with E-state index in [0.717, 1.165) is 0 Å². The third kappa shape index (κ3) is 5.16. The molecule has 0 amide bonds. The molecule has 0 N–H and O–H groups in total. The van der Waals surface area contributed by atoms with Crippen LogP contribution in [0.5, 0.6) is 0 Å². The predicted octanol–water partition coefficient (Wildman–Crippen LogP) is 1.21. The van der Waals surface area contributed by atoms with Gasteiger partial charge in [-0.1, -0.05) is 13.8 Å². The number of rotatable bonds is 5. The molecule has 90 valence electrons. The summed E-state index contributed by atoms with van der Waals surface area (Å²) in [5.41, 5.74) is -1.06. The molecule has 5 heteroatoms. The zero-order valence-electron chi connectivity index (χ0n) is 9.99. The first-order valence-electron chi connectivity index (χ1n) is 4.81. The van der Waals surface area contributed by atoms with E-state index in [-0.39, 0.29) is 11.7 Å². The highest BCUT2D eigenvalue weighted by atomic mass is 32.2. The molecule has 0 aliphatic carbocycles. The fourth-order valence-electron chi connectivity index (χ4n) is 1.95. The van der Waals surface area contributed by atoms with E-state index in [1.807, 2.05) is 13.8 Å². The number of ether oxygens (including phenoxy) is 1. The summed E-state index contributed by atoms with van der Waals surface area (Å²) in [7, 11) is -1.08. The SMILES string of the molecule is COC(=O)C(C)(C)CC(C)(C)C[SH](=O)=O. The van der Waals surface area contributed by atoms with E-state index in [0.29, 0.717) is 6.42 Å². The van der Waals surface area contributed by atoms with Gasteiger partial charge in [0.05, 0.1) is 18.3 Å². The molecule has 0 saturated carbocycles. The molecule has 0 aliphatic heterocycles. The van der Waals surface area contributed by atoms with Crippen molar-refractivity contribution in [2.75, 3.05) is 12.9 Å². The van der Waals surface area contributed by atoms with Crippen LogP contribution in [0, 0.1) is 10.8 Å². The third-order valence-electron chi connectivity index (χ3n) is 2.22. The lowest BCUT2D eigenvalue weighted by molar-refractivity contribution is -0.152. The summed E-state index contributed by atoms with van der Waals surface area (Å²) in [5.74, 6) is -0.223. The first-order valence-corrected chi connectivity index (χ1v) is 6.17. The molecule has 15 heavy (non-hydrogen) atoms. The third-order valence-corrected chi connectivity index (χ3v) is 3.33. The number of esters is 1. The summed E-state index contributed by atoms with van der Waals surface area (Å²) >= 11 is 0. The molecule has 0 unspecified atom stereocenters. The van der Waals surface area contributed by atoms with Gasteiger partial charge >= 0.3 is 5.97 Å². The summed E-state index contributed by atoms with van der Waals surface area (Å²) in [6.45, 7) is 7.20. The predicted molar refractivity (Wildman–Crippen MR) is 59.4 cm³/mol. The van der Waals surface area contributed by atoms with Crippen LogP contribution in [0.25, 0.3) is 0 Å². The van der Waals surface area contributed by atoms with E-state index in [9.17, 15) is 13.2 Å². The molecule has 0 aliphatic rings. The average Bonchev–Trinajstić information content (AvgIpc) is 1.97. The Kier molecular flexibility index (Phi) is 4.77. The fraction of sp³-hybridized carbons (Fsp3) is 0.900. The van der Waals surface area contributed by atoms with Gasteiger partial charge in [0.15, 0.2) is 0 Å². The maximum atomic E-state index is 11.4. The Hall–Kier alpha value is -0.580. The number of hydrogen-bond acceptors (Lipinski definition) is 4. The minimum absolute atomic E-state index is 0.0861. The van der Waals surface area contributed by atoms with Crippen LogP contribution >= 0.6 is 0 Å². The molecule has 0 spiro atoms. The molecule has 4 nitrogen and oxygen atoms in total. The van der Waals surface area contributed by atoms with Gasteiger partial charge in [-0.3, -0.25) is 4.79 Å². The second-order valence-corrected chi connectivity index (χ2v) is 6.19. The van der Waals surface area contributed by atoms with Crippen molar-refractivity contribution in [1.82, 2.24) is 0 Å². The van der Waals surface area contributed by atoms with Gasteiger partial charge in [0, 0.05) is 0 Å². The van der Waals surface area contributed by atoms with Crippen molar-refractivity contribution in [3.63, 3.8) is 0 Å². The van der Waals surface area contributed by atoms with Crippen molar-refractivity contribution in [1.29, 1.82) is 0 Å². The number of carbonyl (C=O) groups excluding carboxylic acids is 1. The topological polar surface area (TPSA) is 60.4 Å². The molecule has 0 aromatic rings. The summed E-state index contributed by atoms with van der Waals surface area (Å²) < 4.78 is 26.0. The normalized spacial score (nSPS) is 12.9. The number of carbonyl (C=O) groups is 1. The van der Waals surface area contributed by atoms with Crippen molar-refractivity contribution in [2.45, 2.75) is 34.1 Å². The molecule has 0 fully saturated rings. The fourth-order valence-corrected chi connectivity index (χ4v) is 2.76. The first kappa shape index (κ1) is 14.4. The van der Waals surface area contributed by atoms with Crippen LogP contribution in [0.2, 0.25) is 0 Å². The molecular weight excluding hydrogens is 216 g/mol. The van der Waals surface area contributed by atoms with E-state index < -0.39 is 21.5 Å². The molecule has 0 saturated heterocycles. The molecule has 0 atom stereocenters. The van der Waals surface area contributed by atoms with Gasteiger partial charge in [-0.25, -0.2) is 8.42 Å². The van der Waals surface area contributed by atoms with Crippen LogP contribution in [0.1, 0.15) is 34.1 Å². The standard InChI is InChI=1S/C10H20O4S/c1-9(2,7-15(12)13)6-10(3,4)8(11)14-5/h15H,6-7H2,1-5H3. The molecule has 0 heterocycles. The van der Waals surface area contributed by atoms with E-state index >= 15 is 0 Å². The summed E-state index contributed by atoms with van der Waals surface area (Å²) in [6.07, 6.45) is 0.482. The summed E-state index contributed by atoms with van der Waals surface area (Å²) in [5, 5.41) is 0. The van der Waals surface area contributed by atoms with Gasteiger partial charge in [-0.15, -0.1) is 0 Å². The maximum Gasteiger partial charge on any atom is 0.311 e. The second-order valence-electron chi connectivity index (χ2n) is 5.21. The average molecular weight is 236 g/mol. The minimum Gasteiger partial charge on any atom is -0.469 e. The summed E-state index contributed by atoms with van der Waals surface area (Å²) in [6, 6.07) is 0. The largest absolute Gasteiger partial charge is 0.469 e. The van der Waals surface area contributed by atoms with Crippen molar-refractivity contribution < 1.29 is 17.9 Å². The maximum absolute atomic E-state index is 11.4. The van der Waals surface area contributed by atoms with Crippen LogP contribution < -0.4 is 0 Å². The molecule has 0 rings (SSSR count). The monoisotopic (exact) mass is 236 g/mol. The van der Waals surface area contributed by atoms with E-state index in [4.69, 9.17) is 0 Å². The highest BCUT2D eigenvalue weighted by molar-refractivity contribution is 7.72. The van der Waals surface area contributed by atoms with Gasteiger partial charge in [0.25, 0.3) is 0 Å². The Labute approximate surface area is 93.0 Å². The van der Waals surface area contributed by atoms with Gasteiger partial charge in [-0.05, 0) is 25.7 Å². The van der Waals surface area contributed by atoms with Crippen LogP contribution in [0.4, 0.5) is 0 Å². The zero-order chi connectivity index (χ0) is 12.3. The van der Waals surface area contributed by atoms with Crippen molar-refractivity contribution in [3.8, 4) is 0 Å². The van der Waals surface area contributed by atoms with Gasteiger partial charge in [0.1, 0.15) is 10.7 Å². The van der Waals surface area contributed by atoms with Crippen LogP contribution in [0.15, 0.2) is 0 Å². The smallest absolute Gasteiger partial charge is 0.311 e. The van der Waals surface area contributed by atoms with E-state index in [2.05, 4.69) is 4.74 Å². The second kappa shape index (κ2) is 4.96. The van der Waals surface area contributed by atoms with Crippen molar-refractivity contribution in [3.05, 3.63) is 0 Å². The molecule has 0 aromatic carbocycles. The van der Waals surface area contributed by atoms with Gasteiger partial charge in [-0.2, -0.15) is 0 Å². The minimum atomic E-state index is -2.42. The Balaban J connectivity index is 4.63. The Morgan fingerprint density at radius 1 is 1.20 bits per heavy atom. The molecule has 0 aromatic heterocycles. The van der Waals surface area contributed by atoms with Gasteiger partial charge < -0.3 is 4.74 Å². The number of methoxy groups -OCH3 is 1. The van der Waals surface area contributed by atoms with Crippen LogP contribution in [-0.4, -0.2) is 27.2 Å². The highest BCUT2D eigenvalue weighted by Gasteiger charge is 2.35. The lowest BCUT2D eigenvalue weighted by Gasteiger charge is -2.31. The number of hydrogen-bond donors (Lipinski definition) is 1. The van der Waals surface area contributed by atoms with Crippen LogP contribution in [-0.2, 0) is 20.2 Å². The zero-order valence-corrected chi connectivity index (χ0v) is 10.9. The number of thiol groups is 1. The quantitative estimate of drug-likeness (QED) is 0.576. The molecule has 0 radical (unpaired) electrons. The van der Waals surface area contributed by atoms with E-state index in [1.54, 1.807) is 13.8 Å². The highest BCUT2D eigenvalue weighted by Crippen LogP contribution is 2.34. The Morgan fingerprint density at radius 3 is 2.00 bits per heavy atom. The first-order chi connectivity index (χ1) is 6.60. The van der Waals surface area contributed by atoms with Gasteiger partial charge in [0.2, 0.25) is 0 Å².